The number of primary amides is 1. The second kappa shape index (κ2) is 10.1. The highest BCUT2D eigenvalue weighted by molar-refractivity contribution is 7.14. The maximum absolute atomic E-state index is 14.0. The van der Waals surface area contributed by atoms with Crippen LogP contribution in [-0.2, 0) is 6.61 Å². The summed E-state index contributed by atoms with van der Waals surface area (Å²) in [6.45, 7) is 0.149. The lowest BCUT2D eigenvalue weighted by Crippen LogP contribution is -2.13. The zero-order chi connectivity index (χ0) is 24.1. The van der Waals surface area contributed by atoms with Gasteiger partial charge in [-0.1, -0.05) is 24.3 Å². The molecule has 0 saturated carbocycles. The highest BCUT2D eigenvalue weighted by Crippen LogP contribution is 2.28. The minimum absolute atomic E-state index is 0.148. The van der Waals surface area contributed by atoms with Crippen molar-refractivity contribution < 1.29 is 23.5 Å². The van der Waals surface area contributed by atoms with Gasteiger partial charge >= 0.3 is 0 Å². The lowest BCUT2D eigenvalue weighted by Gasteiger charge is -2.10. The Hall–Kier alpha value is -4.24. The minimum Gasteiger partial charge on any atom is -0.494 e. The number of ether oxygens (including phenoxy) is 2. The second-order valence-electron chi connectivity index (χ2n) is 7.19. The number of hydrogen-bond donors (Lipinski definition) is 2. The number of aromatic nitrogens is 1. The fraction of sp³-hybridized carbons (Fsp3) is 0.0800. The van der Waals surface area contributed by atoms with Gasteiger partial charge in [0.15, 0.2) is 16.7 Å². The molecule has 9 heteroatoms. The minimum atomic E-state index is -0.580. The number of carbonyl (C=O) groups excluding carboxylic acids is 2. The fourth-order valence-corrected chi connectivity index (χ4v) is 3.93. The molecule has 4 aromatic rings. The first kappa shape index (κ1) is 22.9. The van der Waals surface area contributed by atoms with Crippen molar-refractivity contribution in [3.63, 3.8) is 0 Å². The summed E-state index contributed by atoms with van der Waals surface area (Å²) in [5.74, 6) is -0.897. The maximum Gasteiger partial charge on any atom is 0.257 e. The van der Waals surface area contributed by atoms with Crippen molar-refractivity contribution in [3.8, 4) is 22.8 Å². The van der Waals surface area contributed by atoms with E-state index in [-0.39, 0.29) is 23.8 Å². The van der Waals surface area contributed by atoms with Gasteiger partial charge < -0.3 is 15.2 Å². The van der Waals surface area contributed by atoms with Gasteiger partial charge in [-0.2, -0.15) is 0 Å². The summed E-state index contributed by atoms with van der Waals surface area (Å²) in [6.07, 6.45) is 0. The van der Waals surface area contributed by atoms with Crippen molar-refractivity contribution >= 4 is 28.3 Å². The van der Waals surface area contributed by atoms with Crippen LogP contribution in [-0.4, -0.2) is 23.9 Å². The van der Waals surface area contributed by atoms with Gasteiger partial charge in [0.25, 0.3) is 11.8 Å². The van der Waals surface area contributed by atoms with Crippen LogP contribution in [0, 0.1) is 5.82 Å². The van der Waals surface area contributed by atoms with Crippen LogP contribution in [0.15, 0.2) is 72.1 Å². The molecule has 0 unspecified atom stereocenters. The first-order chi connectivity index (χ1) is 16.4. The molecule has 2 amide bonds. The molecular formula is C25H20FN3O4S. The number of methoxy groups -OCH3 is 1. The standard InChI is InChI=1S/C25H20FN3O4S/c1-32-22-10-9-16(12-19(22)26)20-14-34-25(28-20)29-24(31)17-6-4-5-15(11-17)13-33-21-8-3-2-7-18(21)23(27)30/h2-12,14H,13H2,1H3,(H2,27,30)(H,28,29,31). The van der Waals surface area contributed by atoms with E-state index in [0.717, 1.165) is 5.56 Å². The van der Waals surface area contributed by atoms with Crippen LogP contribution in [0.3, 0.4) is 0 Å². The monoisotopic (exact) mass is 477 g/mol. The van der Waals surface area contributed by atoms with E-state index < -0.39 is 11.7 Å². The average molecular weight is 478 g/mol. The Kier molecular flexibility index (Phi) is 6.84. The summed E-state index contributed by atoms with van der Waals surface area (Å²) in [4.78, 5) is 28.7. The number of rotatable bonds is 8. The quantitative estimate of drug-likeness (QED) is 0.376. The first-order valence-electron chi connectivity index (χ1n) is 10.2. The van der Waals surface area contributed by atoms with Crippen LogP contribution in [0.4, 0.5) is 9.52 Å². The molecule has 3 N–H and O–H groups in total. The van der Waals surface area contributed by atoms with Crippen LogP contribution in [0.5, 0.6) is 11.5 Å². The SMILES string of the molecule is COc1ccc(-c2csc(NC(=O)c3cccc(COc4ccccc4C(N)=O)c3)n2)cc1F. The molecule has 34 heavy (non-hydrogen) atoms. The molecule has 0 fully saturated rings. The second-order valence-corrected chi connectivity index (χ2v) is 8.05. The molecule has 0 radical (unpaired) electrons. The van der Waals surface area contributed by atoms with E-state index in [4.69, 9.17) is 15.2 Å². The molecule has 7 nitrogen and oxygen atoms in total. The number of hydrogen-bond acceptors (Lipinski definition) is 6. The molecule has 1 heterocycles. The summed E-state index contributed by atoms with van der Waals surface area (Å²) in [7, 11) is 1.40. The van der Waals surface area contributed by atoms with Gasteiger partial charge in [0.1, 0.15) is 12.4 Å². The number of thiazole rings is 1. The largest absolute Gasteiger partial charge is 0.494 e. The van der Waals surface area contributed by atoms with Crippen LogP contribution in [0.1, 0.15) is 26.3 Å². The summed E-state index contributed by atoms with van der Waals surface area (Å²) in [5, 5.41) is 4.87. The number of nitrogens with zero attached hydrogens (tertiary/aromatic N) is 1. The van der Waals surface area contributed by atoms with Crippen molar-refractivity contribution in [2.75, 3.05) is 12.4 Å². The molecule has 0 aliphatic rings. The predicted octanol–water partition coefficient (Wildman–Crippen LogP) is 4.89. The molecule has 0 aliphatic carbocycles. The molecule has 0 aliphatic heterocycles. The number of nitrogens with one attached hydrogen (secondary N) is 1. The normalized spacial score (nSPS) is 10.5. The highest BCUT2D eigenvalue weighted by Gasteiger charge is 2.13. The Morgan fingerprint density at radius 1 is 1.06 bits per heavy atom. The third kappa shape index (κ3) is 5.21. The Labute approximate surface area is 199 Å². The van der Waals surface area contributed by atoms with E-state index in [9.17, 15) is 14.0 Å². The van der Waals surface area contributed by atoms with Crippen molar-refractivity contribution in [3.05, 3.63) is 94.6 Å². The van der Waals surface area contributed by atoms with E-state index in [1.165, 1.54) is 30.6 Å². The molecular weight excluding hydrogens is 457 g/mol. The number of benzene rings is 3. The Bertz CT molecular complexity index is 1360. The zero-order valence-electron chi connectivity index (χ0n) is 18.1. The van der Waals surface area contributed by atoms with Crippen LogP contribution in [0.2, 0.25) is 0 Å². The number of anilines is 1. The molecule has 0 bridgehead atoms. The van der Waals surface area contributed by atoms with Crippen molar-refractivity contribution in [2.45, 2.75) is 6.61 Å². The van der Waals surface area contributed by atoms with Crippen molar-refractivity contribution in [2.24, 2.45) is 5.73 Å². The van der Waals surface area contributed by atoms with Crippen molar-refractivity contribution in [1.29, 1.82) is 0 Å². The van der Waals surface area contributed by atoms with Gasteiger partial charge in [-0.05, 0) is 48.0 Å². The molecule has 0 spiro atoms. The lowest BCUT2D eigenvalue weighted by atomic mass is 10.1. The van der Waals surface area contributed by atoms with Gasteiger partial charge in [-0.25, -0.2) is 9.37 Å². The molecule has 1 aromatic heterocycles. The number of amides is 2. The highest BCUT2D eigenvalue weighted by atomic mass is 32.1. The summed E-state index contributed by atoms with van der Waals surface area (Å²) in [5.41, 5.74) is 7.93. The third-order valence-corrected chi connectivity index (χ3v) is 5.67. The molecule has 0 saturated heterocycles. The number of nitrogens with two attached hydrogens (primary N) is 1. The van der Waals surface area contributed by atoms with Gasteiger partial charge in [0.2, 0.25) is 0 Å². The summed E-state index contributed by atoms with van der Waals surface area (Å²) >= 11 is 1.23. The van der Waals surface area contributed by atoms with Crippen molar-refractivity contribution in [1.82, 2.24) is 4.98 Å². The maximum atomic E-state index is 14.0. The van der Waals surface area contributed by atoms with E-state index in [2.05, 4.69) is 10.3 Å². The molecule has 0 atom stereocenters. The molecule has 4 rings (SSSR count). The molecule has 3 aromatic carbocycles. The van der Waals surface area contributed by atoms with E-state index in [1.807, 2.05) is 6.07 Å². The molecule has 172 valence electrons. The van der Waals surface area contributed by atoms with Gasteiger partial charge in [0.05, 0.1) is 18.4 Å². The average Bonchev–Trinajstić information content (AvgIpc) is 3.31. The third-order valence-electron chi connectivity index (χ3n) is 4.91. The Balaban J connectivity index is 1.43. The van der Waals surface area contributed by atoms with Crippen LogP contribution >= 0.6 is 11.3 Å². The van der Waals surface area contributed by atoms with Gasteiger partial charge in [0, 0.05) is 16.5 Å². The van der Waals surface area contributed by atoms with Gasteiger partial charge in [-0.3, -0.25) is 14.9 Å². The van der Waals surface area contributed by atoms with E-state index >= 15 is 0 Å². The lowest BCUT2D eigenvalue weighted by molar-refractivity contribution is 0.0994. The van der Waals surface area contributed by atoms with Crippen LogP contribution < -0.4 is 20.5 Å². The zero-order valence-corrected chi connectivity index (χ0v) is 18.9. The summed E-state index contributed by atoms with van der Waals surface area (Å²) < 4.78 is 24.7. The number of para-hydroxylation sites is 1. The van der Waals surface area contributed by atoms with E-state index in [0.29, 0.717) is 27.7 Å². The number of carbonyl (C=O) groups is 2. The summed E-state index contributed by atoms with van der Waals surface area (Å²) in [6, 6.07) is 18.2. The predicted molar refractivity (Wildman–Crippen MR) is 128 cm³/mol. The number of halogens is 1. The van der Waals surface area contributed by atoms with Gasteiger partial charge in [-0.15, -0.1) is 11.3 Å². The smallest absolute Gasteiger partial charge is 0.257 e. The Morgan fingerprint density at radius 2 is 1.88 bits per heavy atom. The topological polar surface area (TPSA) is 104 Å². The Morgan fingerprint density at radius 3 is 2.65 bits per heavy atom. The van der Waals surface area contributed by atoms with E-state index in [1.54, 1.807) is 53.9 Å². The van der Waals surface area contributed by atoms with Crippen LogP contribution in [0.25, 0.3) is 11.3 Å². The first-order valence-corrected chi connectivity index (χ1v) is 11.0. The fourth-order valence-electron chi connectivity index (χ4n) is 3.22.